The van der Waals surface area contributed by atoms with Crippen LogP contribution in [0.4, 0.5) is 0 Å². The van der Waals surface area contributed by atoms with Crippen LogP contribution in [0.3, 0.4) is 0 Å². The Balaban J connectivity index is 2.42. The van der Waals surface area contributed by atoms with Crippen molar-refractivity contribution in [3.63, 3.8) is 0 Å². The SMILES string of the molecule is CCCCCCNC(=O)C(C)(C)Oc1ccc(Cl)cc1. The molecule has 0 aromatic heterocycles. The Morgan fingerprint density at radius 1 is 1.20 bits per heavy atom. The van der Waals surface area contributed by atoms with E-state index in [4.69, 9.17) is 16.3 Å². The van der Waals surface area contributed by atoms with Gasteiger partial charge >= 0.3 is 0 Å². The van der Waals surface area contributed by atoms with E-state index in [1.807, 2.05) is 0 Å². The number of halogens is 1. The highest BCUT2D eigenvalue weighted by Crippen LogP contribution is 2.21. The van der Waals surface area contributed by atoms with Crippen LogP contribution in [0.1, 0.15) is 46.5 Å². The molecule has 0 bridgehead atoms. The molecule has 0 saturated heterocycles. The number of unbranched alkanes of at least 4 members (excludes halogenated alkanes) is 3. The lowest BCUT2D eigenvalue weighted by Crippen LogP contribution is -2.46. The Bertz CT molecular complexity index is 415. The quantitative estimate of drug-likeness (QED) is 0.731. The van der Waals surface area contributed by atoms with Gasteiger partial charge in [0.2, 0.25) is 0 Å². The van der Waals surface area contributed by atoms with Crippen molar-refractivity contribution < 1.29 is 9.53 Å². The molecule has 3 nitrogen and oxygen atoms in total. The largest absolute Gasteiger partial charge is 0.478 e. The van der Waals surface area contributed by atoms with E-state index in [2.05, 4.69) is 12.2 Å². The second kappa shape index (κ2) is 8.15. The van der Waals surface area contributed by atoms with Crippen LogP contribution in [0, 0.1) is 0 Å². The van der Waals surface area contributed by atoms with Gasteiger partial charge in [0.1, 0.15) is 5.75 Å². The monoisotopic (exact) mass is 297 g/mol. The van der Waals surface area contributed by atoms with Gasteiger partial charge in [0.05, 0.1) is 0 Å². The summed E-state index contributed by atoms with van der Waals surface area (Å²) >= 11 is 5.82. The molecule has 1 aromatic carbocycles. The van der Waals surface area contributed by atoms with E-state index < -0.39 is 5.60 Å². The molecular formula is C16H24ClNO2. The highest BCUT2D eigenvalue weighted by molar-refractivity contribution is 6.30. The van der Waals surface area contributed by atoms with Crippen LogP contribution >= 0.6 is 11.6 Å². The molecule has 0 radical (unpaired) electrons. The lowest BCUT2D eigenvalue weighted by molar-refractivity contribution is -0.134. The van der Waals surface area contributed by atoms with Gasteiger partial charge in [-0.05, 0) is 44.5 Å². The first-order valence-electron chi connectivity index (χ1n) is 7.18. The maximum Gasteiger partial charge on any atom is 0.263 e. The second-order valence-electron chi connectivity index (χ2n) is 5.38. The number of benzene rings is 1. The first-order chi connectivity index (χ1) is 9.45. The molecule has 0 aliphatic carbocycles. The van der Waals surface area contributed by atoms with Gasteiger partial charge in [-0.3, -0.25) is 4.79 Å². The van der Waals surface area contributed by atoms with Crippen molar-refractivity contribution >= 4 is 17.5 Å². The van der Waals surface area contributed by atoms with Gasteiger partial charge in [-0.2, -0.15) is 0 Å². The van der Waals surface area contributed by atoms with Crippen LogP contribution in [0.15, 0.2) is 24.3 Å². The van der Waals surface area contributed by atoms with Crippen molar-refractivity contribution in [1.29, 1.82) is 0 Å². The number of nitrogens with one attached hydrogen (secondary N) is 1. The second-order valence-corrected chi connectivity index (χ2v) is 5.82. The molecule has 1 aromatic rings. The third-order valence-electron chi connectivity index (χ3n) is 3.05. The topological polar surface area (TPSA) is 38.3 Å². The molecule has 0 fully saturated rings. The zero-order valence-electron chi connectivity index (χ0n) is 12.5. The number of hydrogen-bond acceptors (Lipinski definition) is 2. The summed E-state index contributed by atoms with van der Waals surface area (Å²) in [5.41, 5.74) is -0.890. The number of rotatable bonds is 8. The maximum atomic E-state index is 12.1. The molecule has 4 heteroatoms. The average molecular weight is 298 g/mol. The van der Waals surface area contributed by atoms with Gasteiger partial charge in [0, 0.05) is 11.6 Å². The van der Waals surface area contributed by atoms with Gasteiger partial charge in [0.15, 0.2) is 5.60 Å². The molecule has 0 atom stereocenters. The molecule has 0 aliphatic rings. The van der Waals surface area contributed by atoms with Gasteiger partial charge < -0.3 is 10.1 Å². The molecule has 0 heterocycles. The predicted molar refractivity (Wildman–Crippen MR) is 83.3 cm³/mol. The lowest BCUT2D eigenvalue weighted by atomic mass is 10.1. The third-order valence-corrected chi connectivity index (χ3v) is 3.30. The highest BCUT2D eigenvalue weighted by Gasteiger charge is 2.29. The molecule has 0 spiro atoms. The normalized spacial score (nSPS) is 11.2. The Morgan fingerprint density at radius 3 is 2.45 bits per heavy atom. The van der Waals surface area contributed by atoms with Crippen molar-refractivity contribution in [2.75, 3.05) is 6.54 Å². The molecule has 0 aliphatic heterocycles. The Kier molecular flexibility index (Phi) is 6.86. The van der Waals surface area contributed by atoms with Crippen LogP contribution in [-0.2, 0) is 4.79 Å². The van der Waals surface area contributed by atoms with Crippen molar-refractivity contribution in [3.05, 3.63) is 29.3 Å². The standard InChI is InChI=1S/C16H24ClNO2/c1-4-5-6-7-12-18-15(19)16(2,3)20-14-10-8-13(17)9-11-14/h8-11H,4-7,12H2,1-3H3,(H,18,19). The summed E-state index contributed by atoms with van der Waals surface area (Å²) in [5, 5.41) is 3.57. The van der Waals surface area contributed by atoms with E-state index in [1.165, 1.54) is 12.8 Å². The average Bonchev–Trinajstić information content (AvgIpc) is 2.40. The first kappa shape index (κ1) is 16.8. The smallest absolute Gasteiger partial charge is 0.263 e. The van der Waals surface area contributed by atoms with Crippen LogP contribution in [0.5, 0.6) is 5.75 Å². The summed E-state index contributed by atoms with van der Waals surface area (Å²) in [6.07, 6.45) is 4.56. The van der Waals surface area contributed by atoms with E-state index in [0.717, 1.165) is 12.8 Å². The van der Waals surface area contributed by atoms with Gasteiger partial charge in [-0.15, -0.1) is 0 Å². The van der Waals surface area contributed by atoms with Crippen molar-refractivity contribution in [1.82, 2.24) is 5.32 Å². The van der Waals surface area contributed by atoms with Gasteiger partial charge in [-0.1, -0.05) is 37.8 Å². The summed E-state index contributed by atoms with van der Waals surface area (Å²) in [6.45, 7) is 6.40. The Hall–Kier alpha value is -1.22. The van der Waals surface area contributed by atoms with Crippen molar-refractivity contribution in [2.24, 2.45) is 0 Å². The molecule has 0 unspecified atom stereocenters. The summed E-state index contributed by atoms with van der Waals surface area (Å²) in [6, 6.07) is 7.02. The van der Waals surface area contributed by atoms with E-state index in [0.29, 0.717) is 17.3 Å². The van der Waals surface area contributed by atoms with Crippen LogP contribution in [-0.4, -0.2) is 18.1 Å². The van der Waals surface area contributed by atoms with Crippen molar-refractivity contribution in [3.8, 4) is 5.75 Å². The van der Waals surface area contributed by atoms with Crippen LogP contribution in [0.2, 0.25) is 5.02 Å². The molecule has 112 valence electrons. The molecule has 20 heavy (non-hydrogen) atoms. The number of hydrogen-bond donors (Lipinski definition) is 1. The lowest BCUT2D eigenvalue weighted by Gasteiger charge is -2.25. The van der Waals surface area contributed by atoms with E-state index in [9.17, 15) is 4.79 Å². The van der Waals surface area contributed by atoms with E-state index >= 15 is 0 Å². The number of ether oxygens (including phenoxy) is 1. The molecule has 0 saturated carbocycles. The molecule has 1 rings (SSSR count). The fourth-order valence-corrected chi connectivity index (χ4v) is 1.94. The zero-order valence-corrected chi connectivity index (χ0v) is 13.3. The Morgan fingerprint density at radius 2 is 1.85 bits per heavy atom. The van der Waals surface area contributed by atoms with Crippen molar-refractivity contribution in [2.45, 2.75) is 52.1 Å². The minimum atomic E-state index is -0.890. The number of carbonyl (C=O) groups is 1. The minimum Gasteiger partial charge on any atom is -0.478 e. The fourth-order valence-electron chi connectivity index (χ4n) is 1.81. The highest BCUT2D eigenvalue weighted by atomic mass is 35.5. The van der Waals surface area contributed by atoms with E-state index in [-0.39, 0.29) is 5.91 Å². The van der Waals surface area contributed by atoms with Gasteiger partial charge in [-0.25, -0.2) is 0 Å². The zero-order chi connectivity index (χ0) is 15.0. The molecule has 1 N–H and O–H groups in total. The van der Waals surface area contributed by atoms with Crippen LogP contribution in [0.25, 0.3) is 0 Å². The predicted octanol–water partition coefficient (Wildman–Crippen LogP) is 4.19. The summed E-state index contributed by atoms with van der Waals surface area (Å²) < 4.78 is 5.73. The third kappa shape index (κ3) is 5.83. The maximum absolute atomic E-state index is 12.1. The van der Waals surface area contributed by atoms with E-state index in [1.54, 1.807) is 38.1 Å². The molecular weight excluding hydrogens is 274 g/mol. The summed E-state index contributed by atoms with van der Waals surface area (Å²) in [7, 11) is 0. The van der Waals surface area contributed by atoms with Gasteiger partial charge in [0.25, 0.3) is 5.91 Å². The summed E-state index contributed by atoms with van der Waals surface area (Å²) in [4.78, 5) is 12.1. The van der Waals surface area contributed by atoms with Crippen LogP contribution < -0.4 is 10.1 Å². The number of amides is 1. The summed E-state index contributed by atoms with van der Waals surface area (Å²) in [5.74, 6) is 0.546. The first-order valence-corrected chi connectivity index (χ1v) is 7.56. The Labute approximate surface area is 126 Å². The molecule has 1 amide bonds. The number of carbonyl (C=O) groups excluding carboxylic acids is 1. The fraction of sp³-hybridized carbons (Fsp3) is 0.562. The minimum absolute atomic E-state index is 0.0936.